The number of amidine groups is 1. The molecule has 178 valence electrons. The second-order valence-corrected chi connectivity index (χ2v) is 7.83. The first-order valence-corrected chi connectivity index (χ1v) is 11.5. The Hall–Kier alpha value is -3.34. The van der Waals surface area contributed by atoms with Crippen LogP contribution in [0.1, 0.15) is 66.4 Å². The minimum atomic E-state index is 0.0391. The van der Waals surface area contributed by atoms with Crippen molar-refractivity contribution >= 4 is 23.7 Å². The van der Waals surface area contributed by atoms with E-state index in [9.17, 15) is 5.11 Å². The van der Waals surface area contributed by atoms with Gasteiger partial charge >= 0.3 is 0 Å². The predicted molar refractivity (Wildman–Crippen MR) is 144 cm³/mol. The minimum absolute atomic E-state index is 0.0391. The molecule has 0 amide bonds. The van der Waals surface area contributed by atoms with E-state index in [0.717, 1.165) is 52.2 Å². The van der Waals surface area contributed by atoms with Gasteiger partial charge in [-0.05, 0) is 63.3 Å². The first-order valence-electron chi connectivity index (χ1n) is 11.5. The van der Waals surface area contributed by atoms with Gasteiger partial charge in [0.2, 0.25) is 0 Å². The van der Waals surface area contributed by atoms with E-state index >= 15 is 0 Å². The van der Waals surface area contributed by atoms with Gasteiger partial charge in [0, 0.05) is 29.4 Å². The van der Waals surface area contributed by atoms with Gasteiger partial charge in [-0.1, -0.05) is 57.2 Å². The maximum atomic E-state index is 10.7. The average Bonchev–Trinajstić information content (AvgIpc) is 3.09. The molecular formula is C28H40N4O. The van der Waals surface area contributed by atoms with Gasteiger partial charge < -0.3 is 15.4 Å². The number of nitrogens with zero attached hydrogens (tertiary/aromatic N) is 1. The topological polar surface area (TPSA) is 84.3 Å². The van der Waals surface area contributed by atoms with Crippen molar-refractivity contribution in [3.05, 3.63) is 75.5 Å². The molecule has 1 rings (SSSR count). The Kier molecular flexibility index (Phi) is 11.7. The summed E-state index contributed by atoms with van der Waals surface area (Å²) in [6.45, 7) is 16.0. The number of aliphatic imine (C=N–C) groups is 1. The number of H-pyrrole nitrogens is 1. The summed E-state index contributed by atoms with van der Waals surface area (Å²) >= 11 is 0. The van der Waals surface area contributed by atoms with Crippen molar-refractivity contribution < 1.29 is 5.11 Å². The van der Waals surface area contributed by atoms with Crippen molar-refractivity contribution in [2.75, 3.05) is 7.05 Å². The molecule has 0 atom stereocenters. The molecule has 4 N–H and O–H groups in total. The number of aromatic hydroxyl groups is 1. The van der Waals surface area contributed by atoms with E-state index in [-0.39, 0.29) is 11.7 Å². The second-order valence-electron chi connectivity index (χ2n) is 7.83. The van der Waals surface area contributed by atoms with E-state index in [0.29, 0.717) is 11.3 Å². The van der Waals surface area contributed by atoms with Crippen LogP contribution in [-0.4, -0.2) is 28.7 Å². The summed E-state index contributed by atoms with van der Waals surface area (Å²) in [5, 5.41) is 23.5. The third-order valence-corrected chi connectivity index (χ3v) is 5.22. The monoisotopic (exact) mass is 448 g/mol. The highest BCUT2D eigenvalue weighted by Crippen LogP contribution is 2.20. The molecule has 0 bridgehead atoms. The van der Waals surface area contributed by atoms with Crippen molar-refractivity contribution in [2.24, 2.45) is 4.99 Å². The average molecular weight is 449 g/mol. The lowest BCUT2D eigenvalue weighted by atomic mass is 9.97. The quantitative estimate of drug-likeness (QED) is 0.219. The van der Waals surface area contributed by atoms with Gasteiger partial charge in [0.1, 0.15) is 5.84 Å². The molecule has 0 aliphatic carbocycles. The lowest BCUT2D eigenvalue weighted by Crippen LogP contribution is -2.27. The van der Waals surface area contributed by atoms with Gasteiger partial charge in [-0.3, -0.25) is 5.41 Å². The Morgan fingerprint density at radius 1 is 1.24 bits per heavy atom. The largest absolute Gasteiger partial charge is 0.494 e. The molecule has 0 aromatic carbocycles. The summed E-state index contributed by atoms with van der Waals surface area (Å²) in [5.74, 6) is 0.151. The van der Waals surface area contributed by atoms with E-state index in [2.05, 4.69) is 66.9 Å². The fraction of sp³-hybridized carbons (Fsp3) is 0.357. The second kappa shape index (κ2) is 13.9. The maximum absolute atomic E-state index is 10.7. The molecule has 33 heavy (non-hydrogen) atoms. The molecule has 0 aliphatic heterocycles. The molecule has 0 unspecified atom stereocenters. The van der Waals surface area contributed by atoms with E-state index < -0.39 is 0 Å². The van der Waals surface area contributed by atoms with Gasteiger partial charge in [0.05, 0.1) is 11.3 Å². The Balaban J connectivity index is 3.80. The molecular weight excluding hydrogens is 408 g/mol. The Bertz CT molecular complexity index is 1120. The minimum Gasteiger partial charge on any atom is -0.494 e. The summed E-state index contributed by atoms with van der Waals surface area (Å²) in [6, 6.07) is 0. The molecule has 1 aromatic heterocycles. The smallest absolute Gasteiger partial charge is 0.198 e. The molecule has 1 aromatic rings. The van der Waals surface area contributed by atoms with Crippen molar-refractivity contribution in [3.8, 4) is 5.88 Å². The molecule has 0 saturated heterocycles. The van der Waals surface area contributed by atoms with Crippen LogP contribution in [0.15, 0.2) is 64.4 Å². The molecule has 5 heteroatoms. The Morgan fingerprint density at radius 2 is 1.94 bits per heavy atom. The number of aromatic amines is 1. The zero-order chi connectivity index (χ0) is 25.0. The van der Waals surface area contributed by atoms with Crippen LogP contribution in [0.2, 0.25) is 0 Å². The highest BCUT2D eigenvalue weighted by molar-refractivity contribution is 6.09. The standard InChI is InChI=1S/C28H40N4O/c1-9-13-14-16-19(5)23(11-3)22(15-10-2)18-24-25(12-4)32-28(33)27(24)21(7)31-26(29)17-20(6)30-8/h11-12,14-18,29-30,32-33H,3,9-10,13H2,1-2,4-8H3/b16-14-,20-17-,22-15-,23-19+,24-18+,25-12+,29-26?,31-21?. The van der Waals surface area contributed by atoms with Crippen LogP contribution in [0.25, 0.3) is 12.2 Å². The molecule has 0 fully saturated rings. The van der Waals surface area contributed by atoms with Gasteiger partial charge in [0.15, 0.2) is 5.88 Å². The van der Waals surface area contributed by atoms with Gasteiger partial charge in [0.25, 0.3) is 0 Å². The van der Waals surface area contributed by atoms with E-state index in [1.165, 1.54) is 0 Å². The van der Waals surface area contributed by atoms with E-state index in [4.69, 9.17) is 5.41 Å². The zero-order valence-electron chi connectivity index (χ0n) is 21.3. The lowest BCUT2D eigenvalue weighted by Gasteiger charge is -2.08. The summed E-state index contributed by atoms with van der Waals surface area (Å²) in [6.07, 6.45) is 17.0. The van der Waals surface area contributed by atoms with Crippen LogP contribution in [0.5, 0.6) is 5.88 Å². The van der Waals surface area contributed by atoms with Crippen molar-refractivity contribution in [2.45, 2.75) is 60.8 Å². The molecule has 5 nitrogen and oxygen atoms in total. The highest BCUT2D eigenvalue weighted by Gasteiger charge is 2.13. The van der Waals surface area contributed by atoms with Crippen molar-refractivity contribution in [3.63, 3.8) is 0 Å². The Morgan fingerprint density at radius 3 is 2.48 bits per heavy atom. The van der Waals surface area contributed by atoms with Gasteiger partial charge in [-0.25, -0.2) is 4.99 Å². The molecule has 1 heterocycles. The van der Waals surface area contributed by atoms with Crippen molar-refractivity contribution in [1.29, 1.82) is 5.41 Å². The number of unbranched alkanes of at least 4 members (excludes halogenated alkanes) is 1. The van der Waals surface area contributed by atoms with Crippen LogP contribution >= 0.6 is 0 Å². The number of nitrogens with one attached hydrogen (secondary N) is 3. The molecule has 0 radical (unpaired) electrons. The number of hydrogen-bond acceptors (Lipinski definition) is 3. The predicted octanol–water partition coefficient (Wildman–Crippen LogP) is 5.41. The Labute approximate surface area is 198 Å². The third-order valence-electron chi connectivity index (χ3n) is 5.22. The van der Waals surface area contributed by atoms with Gasteiger partial charge in [-0.15, -0.1) is 0 Å². The number of rotatable bonds is 10. The summed E-state index contributed by atoms with van der Waals surface area (Å²) in [4.78, 5) is 7.47. The third kappa shape index (κ3) is 7.94. The summed E-state index contributed by atoms with van der Waals surface area (Å²) in [7, 11) is 1.80. The summed E-state index contributed by atoms with van der Waals surface area (Å²) in [5.41, 5.74) is 5.21. The molecule has 0 aliphatic rings. The highest BCUT2D eigenvalue weighted by atomic mass is 16.3. The van der Waals surface area contributed by atoms with Crippen LogP contribution < -0.4 is 15.9 Å². The fourth-order valence-electron chi connectivity index (χ4n) is 3.45. The van der Waals surface area contributed by atoms with Crippen LogP contribution in [0.4, 0.5) is 0 Å². The van der Waals surface area contributed by atoms with Crippen LogP contribution in [-0.2, 0) is 0 Å². The zero-order valence-corrected chi connectivity index (χ0v) is 21.3. The SMILES string of the molecule is C=CC(/C(=C\CC)/C=c1/c(C(C)=NC(=N)/C=C(/C)NC)c(O)[nH]/c1=C/C)=C(C)\C=C/CCC. The maximum Gasteiger partial charge on any atom is 0.198 e. The number of allylic oxidation sites excluding steroid dienone is 8. The molecule has 0 spiro atoms. The first-order chi connectivity index (χ1) is 15.7. The summed E-state index contributed by atoms with van der Waals surface area (Å²) < 4.78 is 0. The van der Waals surface area contributed by atoms with E-state index in [1.54, 1.807) is 13.1 Å². The molecule has 0 saturated carbocycles. The normalized spacial score (nSPS) is 15.3. The van der Waals surface area contributed by atoms with Crippen LogP contribution in [0, 0.1) is 5.41 Å². The lowest BCUT2D eigenvalue weighted by molar-refractivity contribution is 0.455. The number of hydrogen-bond donors (Lipinski definition) is 4. The first kappa shape index (κ1) is 27.7. The van der Waals surface area contributed by atoms with Crippen molar-refractivity contribution in [1.82, 2.24) is 10.3 Å². The van der Waals surface area contributed by atoms with Crippen LogP contribution in [0.3, 0.4) is 0 Å². The van der Waals surface area contributed by atoms with E-state index in [1.807, 2.05) is 32.9 Å². The van der Waals surface area contributed by atoms with Gasteiger partial charge in [-0.2, -0.15) is 0 Å². The fourth-order valence-corrected chi connectivity index (χ4v) is 3.45. The number of aromatic nitrogens is 1.